The van der Waals surface area contributed by atoms with E-state index in [2.05, 4.69) is 61.6 Å². The van der Waals surface area contributed by atoms with Gasteiger partial charge >= 0.3 is 0 Å². The SMILES string of the molecule is CCCc1ccc(C(C)Nc2ccccc2COC)cc1. The van der Waals surface area contributed by atoms with Crippen molar-refractivity contribution in [3.8, 4) is 0 Å². The van der Waals surface area contributed by atoms with Gasteiger partial charge in [0.2, 0.25) is 0 Å². The number of hydrogen-bond donors (Lipinski definition) is 1. The summed E-state index contributed by atoms with van der Waals surface area (Å²) in [5.74, 6) is 0. The second kappa shape index (κ2) is 7.84. The molecule has 0 aliphatic carbocycles. The zero-order chi connectivity index (χ0) is 15.1. The molecule has 0 heterocycles. The Bertz CT molecular complexity index is 548. The van der Waals surface area contributed by atoms with Crippen LogP contribution in [0.5, 0.6) is 0 Å². The Hall–Kier alpha value is -1.80. The summed E-state index contributed by atoms with van der Waals surface area (Å²) in [6.45, 7) is 5.04. The number of nitrogens with one attached hydrogen (secondary N) is 1. The lowest BCUT2D eigenvalue weighted by molar-refractivity contribution is 0.185. The van der Waals surface area contributed by atoms with Crippen LogP contribution >= 0.6 is 0 Å². The van der Waals surface area contributed by atoms with Crippen LogP contribution in [0.15, 0.2) is 48.5 Å². The first-order valence-electron chi connectivity index (χ1n) is 7.66. The number of para-hydroxylation sites is 1. The zero-order valence-electron chi connectivity index (χ0n) is 13.2. The van der Waals surface area contributed by atoms with Crippen molar-refractivity contribution in [3.05, 3.63) is 65.2 Å². The molecule has 1 N–H and O–H groups in total. The first-order valence-corrected chi connectivity index (χ1v) is 7.66. The Morgan fingerprint density at radius 2 is 1.76 bits per heavy atom. The highest BCUT2D eigenvalue weighted by Crippen LogP contribution is 2.23. The van der Waals surface area contributed by atoms with E-state index in [1.54, 1.807) is 7.11 Å². The summed E-state index contributed by atoms with van der Waals surface area (Å²) in [5.41, 5.74) is 5.05. The number of methoxy groups -OCH3 is 1. The largest absolute Gasteiger partial charge is 0.380 e. The second-order valence-corrected chi connectivity index (χ2v) is 5.45. The molecule has 0 saturated carbocycles. The molecule has 2 aromatic carbocycles. The molecule has 2 nitrogen and oxygen atoms in total. The van der Waals surface area contributed by atoms with Gasteiger partial charge in [0, 0.05) is 24.4 Å². The Labute approximate surface area is 128 Å². The van der Waals surface area contributed by atoms with Crippen molar-refractivity contribution in [2.75, 3.05) is 12.4 Å². The molecule has 112 valence electrons. The molecule has 0 aliphatic heterocycles. The average Bonchev–Trinajstić information content (AvgIpc) is 2.50. The molecule has 2 rings (SSSR count). The molecule has 0 aromatic heterocycles. The van der Waals surface area contributed by atoms with Crippen molar-refractivity contribution in [3.63, 3.8) is 0 Å². The third kappa shape index (κ3) is 4.33. The quantitative estimate of drug-likeness (QED) is 0.775. The lowest BCUT2D eigenvalue weighted by atomic mass is 10.0. The summed E-state index contributed by atoms with van der Waals surface area (Å²) in [4.78, 5) is 0. The number of hydrogen-bond acceptors (Lipinski definition) is 2. The minimum Gasteiger partial charge on any atom is -0.380 e. The molecule has 0 saturated heterocycles. The van der Waals surface area contributed by atoms with Gasteiger partial charge in [0.1, 0.15) is 0 Å². The molecule has 2 aromatic rings. The first kappa shape index (κ1) is 15.6. The molecule has 0 fully saturated rings. The third-order valence-corrected chi connectivity index (χ3v) is 3.71. The zero-order valence-corrected chi connectivity index (χ0v) is 13.2. The molecule has 0 amide bonds. The lowest BCUT2D eigenvalue weighted by Gasteiger charge is -2.18. The Morgan fingerprint density at radius 3 is 2.43 bits per heavy atom. The highest BCUT2D eigenvalue weighted by molar-refractivity contribution is 5.52. The van der Waals surface area contributed by atoms with Crippen LogP contribution in [0.25, 0.3) is 0 Å². The average molecular weight is 283 g/mol. The van der Waals surface area contributed by atoms with Crippen LogP contribution in [0, 0.1) is 0 Å². The van der Waals surface area contributed by atoms with Crippen LogP contribution in [0.2, 0.25) is 0 Å². The topological polar surface area (TPSA) is 21.3 Å². The van der Waals surface area contributed by atoms with Crippen LogP contribution in [0.1, 0.15) is 43.0 Å². The summed E-state index contributed by atoms with van der Waals surface area (Å²) < 4.78 is 5.26. The number of anilines is 1. The van der Waals surface area contributed by atoms with Crippen molar-refractivity contribution >= 4 is 5.69 Å². The molecular weight excluding hydrogens is 258 g/mol. The van der Waals surface area contributed by atoms with Crippen LogP contribution in [-0.4, -0.2) is 7.11 Å². The fourth-order valence-electron chi connectivity index (χ4n) is 2.52. The minimum atomic E-state index is 0.277. The lowest BCUT2D eigenvalue weighted by Crippen LogP contribution is -2.08. The number of aryl methyl sites for hydroxylation is 1. The summed E-state index contributed by atoms with van der Waals surface area (Å²) >= 11 is 0. The normalized spacial score (nSPS) is 12.1. The van der Waals surface area contributed by atoms with Crippen molar-refractivity contribution in [2.24, 2.45) is 0 Å². The molecule has 1 unspecified atom stereocenters. The maximum atomic E-state index is 5.26. The summed E-state index contributed by atoms with van der Waals surface area (Å²) in [6, 6.07) is 17.5. The van der Waals surface area contributed by atoms with Gasteiger partial charge in [-0.05, 0) is 30.5 Å². The highest BCUT2D eigenvalue weighted by Gasteiger charge is 2.08. The number of benzene rings is 2. The molecule has 2 heteroatoms. The van der Waals surface area contributed by atoms with Gasteiger partial charge < -0.3 is 10.1 Å². The first-order chi connectivity index (χ1) is 10.2. The fraction of sp³-hybridized carbons (Fsp3) is 0.368. The predicted octanol–water partition coefficient (Wildman–Crippen LogP) is 4.96. The van der Waals surface area contributed by atoms with E-state index < -0.39 is 0 Å². The smallest absolute Gasteiger partial charge is 0.0733 e. The molecule has 0 radical (unpaired) electrons. The number of ether oxygens (including phenoxy) is 1. The second-order valence-electron chi connectivity index (χ2n) is 5.45. The maximum Gasteiger partial charge on any atom is 0.0733 e. The molecule has 0 aliphatic rings. The summed E-state index contributed by atoms with van der Waals surface area (Å²) in [5, 5.41) is 3.58. The number of rotatable bonds is 7. The van der Waals surface area contributed by atoms with Gasteiger partial charge in [0.25, 0.3) is 0 Å². The van der Waals surface area contributed by atoms with E-state index in [1.807, 2.05) is 6.07 Å². The summed E-state index contributed by atoms with van der Waals surface area (Å²) in [6.07, 6.45) is 2.34. The molecule has 0 spiro atoms. The molecule has 1 atom stereocenters. The summed E-state index contributed by atoms with van der Waals surface area (Å²) in [7, 11) is 1.73. The van der Waals surface area contributed by atoms with Crippen LogP contribution in [0.4, 0.5) is 5.69 Å². The predicted molar refractivity (Wildman–Crippen MR) is 89.6 cm³/mol. The van der Waals surface area contributed by atoms with Crippen molar-refractivity contribution in [1.29, 1.82) is 0 Å². The van der Waals surface area contributed by atoms with E-state index in [0.717, 1.165) is 12.1 Å². The van der Waals surface area contributed by atoms with E-state index in [0.29, 0.717) is 6.61 Å². The fourth-order valence-corrected chi connectivity index (χ4v) is 2.52. The van der Waals surface area contributed by atoms with Gasteiger partial charge in [-0.2, -0.15) is 0 Å². The Morgan fingerprint density at radius 1 is 1.05 bits per heavy atom. The highest BCUT2D eigenvalue weighted by atomic mass is 16.5. The van der Waals surface area contributed by atoms with Crippen molar-refractivity contribution in [1.82, 2.24) is 0 Å². The van der Waals surface area contributed by atoms with Gasteiger partial charge in [-0.25, -0.2) is 0 Å². The van der Waals surface area contributed by atoms with Crippen molar-refractivity contribution < 1.29 is 4.74 Å². The standard InChI is InChI=1S/C19H25NO/c1-4-7-16-10-12-17(13-11-16)15(2)20-19-9-6-5-8-18(19)14-21-3/h5-6,8-13,15,20H,4,7,14H2,1-3H3. The van der Waals surface area contributed by atoms with E-state index in [4.69, 9.17) is 4.74 Å². The molecule has 0 bridgehead atoms. The van der Waals surface area contributed by atoms with Gasteiger partial charge in [-0.3, -0.25) is 0 Å². The van der Waals surface area contributed by atoms with E-state index in [-0.39, 0.29) is 6.04 Å². The Kier molecular flexibility index (Phi) is 5.82. The molecule has 21 heavy (non-hydrogen) atoms. The minimum absolute atomic E-state index is 0.277. The Balaban J connectivity index is 2.08. The van der Waals surface area contributed by atoms with E-state index in [9.17, 15) is 0 Å². The van der Waals surface area contributed by atoms with Crippen LogP contribution < -0.4 is 5.32 Å². The van der Waals surface area contributed by atoms with Gasteiger partial charge in [-0.15, -0.1) is 0 Å². The maximum absolute atomic E-state index is 5.26. The third-order valence-electron chi connectivity index (χ3n) is 3.71. The van der Waals surface area contributed by atoms with Gasteiger partial charge in [0.15, 0.2) is 0 Å². The van der Waals surface area contributed by atoms with Crippen LogP contribution in [-0.2, 0) is 17.8 Å². The van der Waals surface area contributed by atoms with E-state index in [1.165, 1.54) is 23.1 Å². The van der Waals surface area contributed by atoms with Gasteiger partial charge in [-0.1, -0.05) is 55.8 Å². The van der Waals surface area contributed by atoms with Crippen molar-refractivity contribution in [2.45, 2.75) is 39.3 Å². The monoisotopic (exact) mass is 283 g/mol. The van der Waals surface area contributed by atoms with Gasteiger partial charge in [0.05, 0.1) is 6.61 Å². The van der Waals surface area contributed by atoms with E-state index >= 15 is 0 Å². The molecular formula is C19H25NO. The van der Waals surface area contributed by atoms with Crippen LogP contribution in [0.3, 0.4) is 0 Å².